The predicted octanol–water partition coefficient (Wildman–Crippen LogP) is 1.44. The smallest absolute Gasteiger partial charge is 0.187 e. The summed E-state index contributed by atoms with van der Waals surface area (Å²) in [4.78, 5) is 0. The molecule has 0 aliphatic carbocycles. The summed E-state index contributed by atoms with van der Waals surface area (Å²) in [6.07, 6.45) is -2.01. The summed E-state index contributed by atoms with van der Waals surface area (Å²) in [5, 5.41) is 9.93. The van der Waals surface area contributed by atoms with Crippen LogP contribution in [-0.4, -0.2) is 42.1 Å². The van der Waals surface area contributed by atoms with Crippen LogP contribution in [0.15, 0.2) is 30.3 Å². The summed E-state index contributed by atoms with van der Waals surface area (Å²) < 4.78 is 22.8. The van der Waals surface area contributed by atoms with Crippen LogP contribution in [0.25, 0.3) is 0 Å². The lowest BCUT2D eigenvalue weighted by atomic mass is 10.1. The molecule has 0 amide bonds. The van der Waals surface area contributed by atoms with E-state index in [1.54, 1.807) is 0 Å². The Balaban J connectivity index is 1.65. The van der Waals surface area contributed by atoms with Gasteiger partial charge in [-0.05, 0) is 19.4 Å². The zero-order valence-electron chi connectivity index (χ0n) is 11.7. The van der Waals surface area contributed by atoms with Gasteiger partial charge in [-0.1, -0.05) is 30.3 Å². The summed E-state index contributed by atoms with van der Waals surface area (Å²) in [5.74, 6) is -0.724. The Bertz CT molecular complexity index is 447. The molecular weight excluding hydrogens is 260 g/mol. The molecule has 2 fully saturated rings. The number of hydrogen-bond acceptors (Lipinski definition) is 5. The molecule has 110 valence electrons. The number of aliphatic hydroxyl groups is 1. The largest absolute Gasteiger partial charge is 0.388 e. The van der Waals surface area contributed by atoms with Crippen molar-refractivity contribution in [3.63, 3.8) is 0 Å². The van der Waals surface area contributed by atoms with Crippen molar-refractivity contribution in [2.45, 2.75) is 50.8 Å². The van der Waals surface area contributed by atoms with E-state index in [1.807, 2.05) is 44.2 Å². The average Bonchev–Trinajstić information content (AvgIpc) is 2.76. The quantitative estimate of drug-likeness (QED) is 0.908. The van der Waals surface area contributed by atoms with Crippen molar-refractivity contribution in [1.82, 2.24) is 0 Å². The minimum atomic E-state index is -0.724. The molecule has 1 aromatic rings. The number of hydrogen-bond donors (Lipinski definition) is 1. The maximum Gasteiger partial charge on any atom is 0.187 e. The average molecular weight is 280 g/mol. The minimum absolute atomic E-state index is 0.195. The Morgan fingerprint density at radius 1 is 1.20 bits per heavy atom. The normalized spacial score (nSPS) is 35.8. The fourth-order valence-corrected chi connectivity index (χ4v) is 2.60. The van der Waals surface area contributed by atoms with Crippen LogP contribution in [0.2, 0.25) is 0 Å². The second-order valence-electron chi connectivity index (χ2n) is 5.63. The number of aliphatic hydroxyl groups excluding tert-OH is 1. The maximum absolute atomic E-state index is 9.93. The topological polar surface area (TPSA) is 57.2 Å². The molecule has 1 unspecified atom stereocenters. The van der Waals surface area contributed by atoms with Crippen molar-refractivity contribution >= 4 is 0 Å². The Hall–Kier alpha value is -0.980. The Labute approximate surface area is 118 Å². The molecule has 20 heavy (non-hydrogen) atoms. The van der Waals surface area contributed by atoms with E-state index in [0.717, 1.165) is 5.56 Å². The van der Waals surface area contributed by atoms with E-state index >= 15 is 0 Å². The van der Waals surface area contributed by atoms with E-state index < -0.39 is 30.4 Å². The van der Waals surface area contributed by atoms with Gasteiger partial charge in [0.1, 0.15) is 18.3 Å². The van der Waals surface area contributed by atoms with Crippen LogP contribution in [0.4, 0.5) is 0 Å². The molecule has 2 saturated heterocycles. The lowest BCUT2D eigenvalue weighted by Gasteiger charge is -2.34. The molecule has 4 atom stereocenters. The van der Waals surface area contributed by atoms with Gasteiger partial charge < -0.3 is 24.1 Å². The second kappa shape index (κ2) is 5.42. The van der Waals surface area contributed by atoms with Crippen molar-refractivity contribution in [2.75, 3.05) is 6.61 Å². The second-order valence-corrected chi connectivity index (χ2v) is 5.63. The molecule has 0 radical (unpaired) electrons. The molecule has 1 N–H and O–H groups in total. The van der Waals surface area contributed by atoms with Gasteiger partial charge in [0.15, 0.2) is 12.1 Å². The Morgan fingerprint density at radius 2 is 1.90 bits per heavy atom. The SMILES string of the molecule is CC1(C)O[C@@H]2[C@@H](O)COC(OCc3ccccc3)[C@@H]2O1. The zero-order valence-corrected chi connectivity index (χ0v) is 11.7. The van der Waals surface area contributed by atoms with Gasteiger partial charge in [0.2, 0.25) is 0 Å². The fourth-order valence-electron chi connectivity index (χ4n) is 2.60. The van der Waals surface area contributed by atoms with Gasteiger partial charge in [0.25, 0.3) is 0 Å². The van der Waals surface area contributed by atoms with Crippen molar-refractivity contribution in [3.05, 3.63) is 35.9 Å². The standard InChI is InChI=1S/C15H20O5/c1-15(2)19-12-11(16)9-18-14(13(12)20-15)17-8-10-6-4-3-5-7-10/h3-7,11-14,16H,8-9H2,1-2H3/t11-,12+,13+,14?/m0/s1. The molecule has 2 aliphatic heterocycles. The van der Waals surface area contributed by atoms with Gasteiger partial charge in [0.05, 0.1) is 13.2 Å². The number of benzene rings is 1. The molecular formula is C15H20O5. The molecule has 0 spiro atoms. The first-order valence-corrected chi connectivity index (χ1v) is 6.86. The van der Waals surface area contributed by atoms with E-state index in [1.165, 1.54) is 0 Å². The molecule has 3 rings (SSSR count). The van der Waals surface area contributed by atoms with Crippen LogP contribution in [0.5, 0.6) is 0 Å². The number of rotatable bonds is 3. The van der Waals surface area contributed by atoms with Gasteiger partial charge in [-0.2, -0.15) is 0 Å². The summed E-state index contributed by atoms with van der Waals surface area (Å²) in [6, 6.07) is 9.87. The molecule has 0 saturated carbocycles. The number of ether oxygens (including phenoxy) is 4. The molecule has 1 aromatic carbocycles. The lowest BCUT2D eigenvalue weighted by Crippen LogP contribution is -2.52. The first-order valence-electron chi connectivity index (χ1n) is 6.86. The van der Waals surface area contributed by atoms with Crippen molar-refractivity contribution in [3.8, 4) is 0 Å². The predicted molar refractivity (Wildman–Crippen MR) is 70.8 cm³/mol. The van der Waals surface area contributed by atoms with Gasteiger partial charge >= 0.3 is 0 Å². The molecule has 0 bridgehead atoms. The summed E-state index contributed by atoms with van der Waals surface area (Å²) >= 11 is 0. The highest BCUT2D eigenvalue weighted by molar-refractivity contribution is 5.13. The van der Waals surface area contributed by atoms with Crippen LogP contribution in [0.3, 0.4) is 0 Å². The van der Waals surface area contributed by atoms with Gasteiger partial charge in [-0.15, -0.1) is 0 Å². The van der Waals surface area contributed by atoms with Crippen molar-refractivity contribution in [2.24, 2.45) is 0 Å². The highest BCUT2D eigenvalue weighted by Gasteiger charge is 2.52. The summed E-state index contributed by atoms with van der Waals surface area (Å²) in [6.45, 7) is 4.28. The summed E-state index contributed by atoms with van der Waals surface area (Å²) in [5.41, 5.74) is 1.07. The van der Waals surface area contributed by atoms with Gasteiger partial charge in [0, 0.05) is 0 Å². The van der Waals surface area contributed by atoms with E-state index in [0.29, 0.717) is 6.61 Å². The monoisotopic (exact) mass is 280 g/mol. The molecule has 5 nitrogen and oxygen atoms in total. The Kier molecular flexibility index (Phi) is 3.79. The van der Waals surface area contributed by atoms with Crippen molar-refractivity contribution < 1.29 is 24.1 Å². The molecule has 2 aliphatic rings. The van der Waals surface area contributed by atoms with Crippen molar-refractivity contribution in [1.29, 1.82) is 0 Å². The lowest BCUT2D eigenvalue weighted by molar-refractivity contribution is -0.251. The van der Waals surface area contributed by atoms with Crippen LogP contribution >= 0.6 is 0 Å². The number of fused-ring (bicyclic) bond motifs is 1. The van der Waals surface area contributed by atoms with E-state index in [4.69, 9.17) is 18.9 Å². The zero-order chi connectivity index (χ0) is 14.2. The highest BCUT2D eigenvalue weighted by atomic mass is 16.8. The van der Waals surface area contributed by atoms with Crippen LogP contribution in [0, 0.1) is 0 Å². The first-order chi connectivity index (χ1) is 9.55. The molecule has 5 heteroatoms. The van der Waals surface area contributed by atoms with E-state index in [2.05, 4.69) is 0 Å². The van der Waals surface area contributed by atoms with E-state index in [9.17, 15) is 5.11 Å². The van der Waals surface area contributed by atoms with E-state index in [-0.39, 0.29) is 6.61 Å². The third-order valence-corrected chi connectivity index (χ3v) is 3.50. The van der Waals surface area contributed by atoms with Gasteiger partial charge in [-0.25, -0.2) is 0 Å². The third-order valence-electron chi connectivity index (χ3n) is 3.50. The first kappa shape index (κ1) is 14.0. The maximum atomic E-state index is 9.93. The van der Waals surface area contributed by atoms with Crippen LogP contribution in [-0.2, 0) is 25.6 Å². The molecule has 2 heterocycles. The van der Waals surface area contributed by atoms with Crippen LogP contribution < -0.4 is 0 Å². The molecule has 0 aromatic heterocycles. The Morgan fingerprint density at radius 3 is 2.65 bits per heavy atom. The fraction of sp³-hybridized carbons (Fsp3) is 0.600. The third kappa shape index (κ3) is 2.87. The summed E-state index contributed by atoms with van der Waals surface area (Å²) in [7, 11) is 0. The minimum Gasteiger partial charge on any atom is -0.388 e. The van der Waals surface area contributed by atoms with Gasteiger partial charge in [-0.3, -0.25) is 0 Å². The highest BCUT2D eigenvalue weighted by Crippen LogP contribution is 2.35. The van der Waals surface area contributed by atoms with Crippen LogP contribution in [0.1, 0.15) is 19.4 Å².